The highest BCUT2D eigenvalue weighted by molar-refractivity contribution is 5.80. The maximum Gasteiger partial charge on any atom is 0.260 e. The molecular weight excluding hydrogens is 270 g/mol. The highest BCUT2D eigenvalue weighted by Gasteiger charge is 2.23. The van der Waals surface area contributed by atoms with E-state index < -0.39 is 12.2 Å². The van der Waals surface area contributed by atoms with Gasteiger partial charge in [0.2, 0.25) is 0 Å². The first kappa shape index (κ1) is 15.6. The normalized spacial score (nSPS) is 18.0. The lowest BCUT2D eigenvalue weighted by Gasteiger charge is -2.15. The minimum absolute atomic E-state index is 0.128. The van der Waals surface area contributed by atoms with Gasteiger partial charge in [-0.05, 0) is 31.4 Å². The molecule has 0 aliphatic carbocycles. The second-order valence-electron chi connectivity index (χ2n) is 5.76. The molecule has 1 aromatic rings. The predicted molar refractivity (Wildman–Crippen MR) is 79.5 cm³/mol. The molecule has 1 heterocycles. The van der Waals surface area contributed by atoms with Crippen molar-refractivity contribution in [2.24, 2.45) is 5.92 Å². The maximum atomic E-state index is 11.9. The summed E-state index contributed by atoms with van der Waals surface area (Å²) >= 11 is 0. The molecule has 5 nitrogen and oxygen atoms in total. The van der Waals surface area contributed by atoms with Crippen molar-refractivity contribution >= 4 is 5.91 Å². The van der Waals surface area contributed by atoms with Gasteiger partial charge in [-0.15, -0.1) is 0 Å². The molecule has 0 bridgehead atoms. The number of aliphatic hydroxyl groups is 1. The smallest absolute Gasteiger partial charge is 0.260 e. The van der Waals surface area contributed by atoms with Crippen LogP contribution in [-0.4, -0.2) is 30.3 Å². The van der Waals surface area contributed by atoms with Gasteiger partial charge in [0.15, 0.2) is 6.10 Å². The summed E-state index contributed by atoms with van der Waals surface area (Å²) in [4.78, 5) is 11.9. The van der Waals surface area contributed by atoms with Gasteiger partial charge in [0.25, 0.3) is 5.91 Å². The Bertz CT molecular complexity index is 501. The Morgan fingerprint density at radius 2 is 2.24 bits per heavy atom. The van der Waals surface area contributed by atoms with Crippen LogP contribution in [0.5, 0.6) is 11.5 Å². The number of carbonyl (C=O) groups excluding carboxylic acids is 1. The van der Waals surface area contributed by atoms with Gasteiger partial charge in [0, 0.05) is 18.2 Å². The molecule has 0 spiro atoms. The molecule has 1 aliphatic rings. The Balaban J connectivity index is 1.88. The fraction of sp³-hybridized carbons (Fsp3) is 0.562. The minimum Gasteiger partial charge on any atom is -0.490 e. The number of carbonyl (C=O) groups is 1. The van der Waals surface area contributed by atoms with Crippen LogP contribution >= 0.6 is 0 Å². The van der Waals surface area contributed by atoms with Crippen molar-refractivity contribution in [3.05, 3.63) is 23.8 Å². The number of aliphatic hydroxyl groups excluding tert-OH is 1. The lowest BCUT2D eigenvalue weighted by molar-refractivity contribution is -0.127. The second kappa shape index (κ2) is 6.80. The second-order valence-corrected chi connectivity index (χ2v) is 5.76. The van der Waals surface area contributed by atoms with E-state index in [2.05, 4.69) is 19.2 Å². The zero-order valence-electron chi connectivity index (χ0n) is 12.8. The Morgan fingerprint density at radius 1 is 1.48 bits per heavy atom. The van der Waals surface area contributed by atoms with E-state index in [4.69, 9.17) is 9.47 Å². The number of amides is 1. The molecule has 1 aromatic carbocycles. The summed E-state index contributed by atoms with van der Waals surface area (Å²) in [5.41, 5.74) is 0.761. The fourth-order valence-corrected chi connectivity index (χ4v) is 2.13. The van der Waals surface area contributed by atoms with Crippen LogP contribution in [0, 0.1) is 5.92 Å². The third kappa shape index (κ3) is 4.11. The zero-order chi connectivity index (χ0) is 15.4. The average Bonchev–Trinajstić information content (AvgIpc) is 2.79. The molecule has 2 rings (SSSR count). The van der Waals surface area contributed by atoms with E-state index in [-0.39, 0.29) is 12.5 Å². The van der Waals surface area contributed by atoms with Crippen LogP contribution in [0.25, 0.3) is 0 Å². The van der Waals surface area contributed by atoms with E-state index in [1.165, 1.54) is 0 Å². The lowest BCUT2D eigenvalue weighted by Crippen LogP contribution is -2.37. The topological polar surface area (TPSA) is 67.8 Å². The molecule has 0 fully saturated rings. The van der Waals surface area contributed by atoms with Crippen LogP contribution in [0.3, 0.4) is 0 Å². The van der Waals surface area contributed by atoms with Crippen molar-refractivity contribution < 1.29 is 19.4 Å². The van der Waals surface area contributed by atoms with E-state index in [9.17, 15) is 9.90 Å². The zero-order valence-corrected chi connectivity index (χ0v) is 12.8. The molecule has 0 saturated carbocycles. The number of rotatable bonds is 6. The predicted octanol–water partition coefficient (Wildman–Crippen LogP) is 2.04. The standard InChI is InChI=1S/C16H23NO4/c1-10(2)6-7-17-16(19)11(3)21-12-4-5-13-14(18)9-20-15(13)8-12/h4-5,8,10-11,14,18H,6-7,9H2,1-3H3,(H,17,19). The third-order valence-corrected chi connectivity index (χ3v) is 3.44. The Hall–Kier alpha value is -1.75. The molecule has 21 heavy (non-hydrogen) atoms. The van der Waals surface area contributed by atoms with Gasteiger partial charge < -0.3 is 19.9 Å². The molecular formula is C16H23NO4. The molecule has 0 saturated heterocycles. The van der Waals surface area contributed by atoms with Gasteiger partial charge in [0.05, 0.1) is 0 Å². The number of ether oxygens (including phenoxy) is 2. The van der Waals surface area contributed by atoms with Crippen molar-refractivity contribution in [1.29, 1.82) is 0 Å². The minimum atomic E-state index is -0.578. The summed E-state index contributed by atoms with van der Waals surface area (Å²) < 4.78 is 11.0. The first-order chi connectivity index (χ1) is 9.97. The molecule has 0 aromatic heterocycles. The van der Waals surface area contributed by atoms with Crippen LogP contribution < -0.4 is 14.8 Å². The molecule has 2 N–H and O–H groups in total. The number of fused-ring (bicyclic) bond motifs is 1. The molecule has 1 amide bonds. The lowest BCUT2D eigenvalue weighted by atomic mass is 10.1. The molecule has 5 heteroatoms. The summed E-state index contributed by atoms with van der Waals surface area (Å²) in [5, 5.41) is 12.5. The van der Waals surface area contributed by atoms with Crippen LogP contribution in [0.1, 0.15) is 38.9 Å². The van der Waals surface area contributed by atoms with Crippen LogP contribution in [0.2, 0.25) is 0 Å². The molecule has 1 aliphatic heterocycles. The quantitative estimate of drug-likeness (QED) is 0.842. The van der Waals surface area contributed by atoms with E-state index >= 15 is 0 Å². The SMILES string of the molecule is CC(C)CCNC(=O)C(C)Oc1ccc2c(c1)OCC2O. The van der Waals surface area contributed by atoms with Gasteiger partial charge in [-0.1, -0.05) is 13.8 Å². The van der Waals surface area contributed by atoms with Crippen LogP contribution in [0.15, 0.2) is 18.2 Å². The molecule has 2 atom stereocenters. The van der Waals surface area contributed by atoms with E-state index in [1.807, 2.05) is 0 Å². The Labute approximate surface area is 125 Å². The fourth-order valence-electron chi connectivity index (χ4n) is 2.13. The summed E-state index contributed by atoms with van der Waals surface area (Å²) in [6.45, 7) is 6.87. The van der Waals surface area contributed by atoms with Gasteiger partial charge in [-0.2, -0.15) is 0 Å². The van der Waals surface area contributed by atoms with Crippen molar-refractivity contribution in [1.82, 2.24) is 5.32 Å². The number of nitrogens with one attached hydrogen (secondary N) is 1. The van der Waals surface area contributed by atoms with Crippen molar-refractivity contribution in [3.63, 3.8) is 0 Å². The highest BCUT2D eigenvalue weighted by atomic mass is 16.5. The van der Waals surface area contributed by atoms with Gasteiger partial charge in [-0.3, -0.25) is 4.79 Å². The van der Waals surface area contributed by atoms with Crippen molar-refractivity contribution in [2.75, 3.05) is 13.2 Å². The highest BCUT2D eigenvalue weighted by Crippen LogP contribution is 2.35. The summed E-state index contributed by atoms with van der Waals surface area (Å²) in [5.74, 6) is 1.61. The summed E-state index contributed by atoms with van der Waals surface area (Å²) in [7, 11) is 0. The first-order valence-corrected chi connectivity index (χ1v) is 7.36. The van der Waals surface area contributed by atoms with Gasteiger partial charge in [-0.25, -0.2) is 0 Å². The maximum absolute atomic E-state index is 11.9. The molecule has 116 valence electrons. The van der Waals surface area contributed by atoms with Crippen molar-refractivity contribution in [3.8, 4) is 11.5 Å². The summed E-state index contributed by atoms with van der Waals surface area (Å²) in [6.07, 6.45) is -0.199. The van der Waals surface area contributed by atoms with Gasteiger partial charge >= 0.3 is 0 Å². The largest absolute Gasteiger partial charge is 0.490 e. The summed E-state index contributed by atoms with van der Waals surface area (Å²) in [6, 6.07) is 5.23. The first-order valence-electron chi connectivity index (χ1n) is 7.36. The Morgan fingerprint density at radius 3 is 2.95 bits per heavy atom. The Kier molecular flexibility index (Phi) is 5.07. The van der Waals surface area contributed by atoms with E-state index in [1.54, 1.807) is 25.1 Å². The number of hydrogen-bond acceptors (Lipinski definition) is 4. The third-order valence-electron chi connectivity index (χ3n) is 3.44. The van der Waals surface area contributed by atoms with Crippen molar-refractivity contribution in [2.45, 2.75) is 39.4 Å². The average molecular weight is 293 g/mol. The van der Waals surface area contributed by atoms with E-state index in [0.717, 1.165) is 12.0 Å². The molecule has 2 unspecified atom stereocenters. The van der Waals surface area contributed by atoms with Crippen LogP contribution in [0.4, 0.5) is 0 Å². The number of hydrogen-bond donors (Lipinski definition) is 2. The molecule has 0 radical (unpaired) electrons. The van der Waals surface area contributed by atoms with Crippen LogP contribution in [-0.2, 0) is 4.79 Å². The monoisotopic (exact) mass is 293 g/mol. The van der Waals surface area contributed by atoms with E-state index in [0.29, 0.717) is 24.0 Å². The number of benzene rings is 1. The van der Waals surface area contributed by atoms with Gasteiger partial charge in [0.1, 0.15) is 24.2 Å².